The van der Waals surface area contributed by atoms with Crippen LogP contribution in [-0.4, -0.2) is 51.6 Å². The van der Waals surface area contributed by atoms with Crippen molar-refractivity contribution >= 4 is 17.3 Å². The SMILES string of the molecule is CN(C)CCCN1C(=S)N[C@@H](c2ccccn2)[C@@H]1c1ccn(-c2ccccc2)c1. The molecule has 0 bridgehead atoms. The summed E-state index contributed by atoms with van der Waals surface area (Å²) in [6.45, 7) is 1.94. The molecule has 4 rings (SSSR count). The maximum Gasteiger partial charge on any atom is 0.170 e. The molecule has 1 saturated heterocycles. The van der Waals surface area contributed by atoms with Crippen LogP contribution in [-0.2, 0) is 0 Å². The fourth-order valence-corrected chi connectivity index (χ4v) is 4.25. The van der Waals surface area contributed by atoms with E-state index in [-0.39, 0.29) is 12.1 Å². The summed E-state index contributed by atoms with van der Waals surface area (Å²) in [4.78, 5) is 9.15. The molecule has 0 spiro atoms. The molecule has 29 heavy (non-hydrogen) atoms. The average molecular weight is 406 g/mol. The molecule has 5 nitrogen and oxygen atoms in total. The van der Waals surface area contributed by atoms with E-state index < -0.39 is 0 Å². The number of rotatable bonds is 7. The first-order valence-corrected chi connectivity index (χ1v) is 10.4. The van der Waals surface area contributed by atoms with Crippen LogP contribution in [0, 0.1) is 0 Å². The normalized spacial score (nSPS) is 19.0. The second-order valence-electron chi connectivity index (χ2n) is 7.66. The van der Waals surface area contributed by atoms with Crippen LogP contribution >= 0.6 is 12.2 Å². The van der Waals surface area contributed by atoms with E-state index in [0.29, 0.717) is 0 Å². The third kappa shape index (κ3) is 4.33. The van der Waals surface area contributed by atoms with Crippen LogP contribution in [0.3, 0.4) is 0 Å². The Morgan fingerprint density at radius 3 is 2.59 bits per heavy atom. The Hall–Kier alpha value is -2.70. The highest BCUT2D eigenvalue weighted by atomic mass is 32.1. The highest BCUT2D eigenvalue weighted by molar-refractivity contribution is 7.80. The van der Waals surface area contributed by atoms with Crippen LogP contribution in [0.25, 0.3) is 5.69 Å². The van der Waals surface area contributed by atoms with Gasteiger partial charge in [0.15, 0.2) is 5.11 Å². The Kier molecular flexibility index (Phi) is 5.92. The molecule has 3 aromatic rings. The van der Waals surface area contributed by atoms with Gasteiger partial charge in [0, 0.05) is 30.8 Å². The summed E-state index contributed by atoms with van der Waals surface area (Å²) in [7, 11) is 4.21. The van der Waals surface area contributed by atoms with Gasteiger partial charge < -0.3 is 19.7 Å². The van der Waals surface area contributed by atoms with Crippen molar-refractivity contribution in [2.75, 3.05) is 27.2 Å². The van der Waals surface area contributed by atoms with E-state index in [9.17, 15) is 0 Å². The largest absolute Gasteiger partial charge is 0.352 e. The van der Waals surface area contributed by atoms with Gasteiger partial charge in [0.1, 0.15) is 0 Å². The van der Waals surface area contributed by atoms with Crippen molar-refractivity contribution in [3.05, 3.63) is 84.4 Å². The Bertz CT molecular complexity index is 938. The standard InChI is InChI=1S/C23H27N5S/c1-26(2)14-8-15-28-22(21(25-23(28)29)20-11-6-7-13-24-20)18-12-16-27(17-18)19-9-4-3-5-10-19/h3-7,9-13,16-17,21-22H,8,14-15H2,1-2H3,(H,25,29)/t21-,22-/m0/s1. The number of hydrogen-bond acceptors (Lipinski definition) is 3. The molecule has 3 heterocycles. The number of benzene rings is 1. The topological polar surface area (TPSA) is 36.3 Å². The fraction of sp³-hybridized carbons (Fsp3) is 0.304. The van der Waals surface area contributed by atoms with Crippen molar-refractivity contribution in [3.8, 4) is 5.69 Å². The van der Waals surface area contributed by atoms with Crippen LogP contribution in [0.15, 0.2) is 73.2 Å². The minimum Gasteiger partial charge on any atom is -0.352 e. The summed E-state index contributed by atoms with van der Waals surface area (Å²) in [6.07, 6.45) is 7.24. The number of pyridine rings is 1. The maximum absolute atomic E-state index is 5.74. The van der Waals surface area contributed by atoms with E-state index in [1.54, 1.807) is 0 Å². The molecule has 1 fully saturated rings. The summed E-state index contributed by atoms with van der Waals surface area (Å²) in [5, 5.41) is 4.33. The van der Waals surface area contributed by atoms with E-state index >= 15 is 0 Å². The molecular formula is C23H27N5S. The molecule has 0 radical (unpaired) electrons. The zero-order valence-corrected chi connectivity index (χ0v) is 17.7. The smallest absolute Gasteiger partial charge is 0.170 e. The second kappa shape index (κ2) is 8.76. The van der Waals surface area contributed by atoms with Gasteiger partial charge in [-0.05, 0) is 75.2 Å². The van der Waals surface area contributed by atoms with Gasteiger partial charge in [-0.3, -0.25) is 4.98 Å². The van der Waals surface area contributed by atoms with E-state index in [2.05, 4.69) is 87.6 Å². The molecule has 150 valence electrons. The first-order valence-electron chi connectivity index (χ1n) is 9.99. The molecule has 2 atom stereocenters. The number of nitrogens with one attached hydrogen (secondary N) is 1. The summed E-state index contributed by atoms with van der Waals surface area (Å²) in [5.74, 6) is 0. The summed E-state index contributed by atoms with van der Waals surface area (Å²) >= 11 is 5.74. The summed E-state index contributed by atoms with van der Waals surface area (Å²) in [6, 6.07) is 18.8. The number of thiocarbonyl (C=S) groups is 1. The molecule has 0 aliphatic carbocycles. The van der Waals surface area contributed by atoms with Gasteiger partial charge in [0.25, 0.3) is 0 Å². The Morgan fingerprint density at radius 1 is 1.07 bits per heavy atom. The lowest BCUT2D eigenvalue weighted by Gasteiger charge is -2.27. The number of para-hydroxylation sites is 1. The van der Waals surface area contributed by atoms with E-state index in [4.69, 9.17) is 12.2 Å². The first-order chi connectivity index (χ1) is 14.1. The van der Waals surface area contributed by atoms with Crippen LogP contribution < -0.4 is 5.32 Å². The zero-order valence-electron chi connectivity index (χ0n) is 16.9. The molecule has 6 heteroatoms. The van der Waals surface area contributed by atoms with Crippen molar-refractivity contribution in [1.82, 2.24) is 24.7 Å². The predicted molar refractivity (Wildman–Crippen MR) is 121 cm³/mol. The van der Waals surface area contributed by atoms with Gasteiger partial charge in [-0.1, -0.05) is 24.3 Å². The fourth-order valence-electron chi connectivity index (χ4n) is 3.92. The van der Waals surface area contributed by atoms with Gasteiger partial charge in [-0.25, -0.2) is 0 Å². The molecule has 2 aromatic heterocycles. The van der Waals surface area contributed by atoms with Gasteiger partial charge in [0.2, 0.25) is 0 Å². The molecule has 1 N–H and O–H groups in total. The van der Waals surface area contributed by atoms with Gasteiger partial charge in [-0.15, -0.1) is 0 Å². The lowest BCUT2D eigenvalue weighted by molar-refractivity contribution is 0.293. The van der Waals surface area contributed by atoms with Crippen molar-refractivity contribution < 1.29 is 0 Å². The number of hydrogen-bond donors (Lipinski definition) is 1. The molecule has 1 aliphatic rings. The van der Waals surface area contributed by atoms with E-state index in [1.807, 2.05) is 24.4 Å². The average Bonchev–Trinajstić information content (AvgIpc) is 3.34. The summed E-state index contributed by atoms with van der Waals surface area (Å²) < 4.78 is 2.17. The van der Waals surface area contributed by atoms with Crippen LogP contribution in [0.2, 0.25) is 0 Å². The second-order valence-corrected chi connectivity index (χ2v) is 8.05. The van der Waals surface area contributed by atoms with Crippen LogP contribution in [0.4, 0.5) is 0 Å². The quantitative estimate of drug-likeness (QED) is 0.605. The Balaban J connectivity index is 1.66. The summed E-state index contributed by atoms with van der Waals surface area (Å²) in [5.41, 5.74) is 3.41. The third-order valence-electron chi connectivity index (χ3n) is 5.31. The van der Waals surface area contributed by atoms with Gasteiger partial charge in [-0.2, -0.15) is 0 Å². The van der Waals surface area contributed by atoms with Crippen molar-refractivity contribution in [1.29, 1.82) is 0 Å². The minimum atomic E-state index is 0.0367. The highest BCUT2D eigenvalue weighted by Crippen LogP contribution is 2.38. The van der Waals surface area contributed by atoms with E-state index in [0.717, 1.165) is 36.0 Å². The van der Waals surface area contributed by atoms with Crippen molar-refractivity contribution in [2.45, 2.75) is 18.5 Å². The molecule has 1 aromatic carbocycles. The van der Waals surface area contributed by atoms with Crippen LogP contribution in [0.5, 0.6) is 0 Å². The van der Waals surface area contributed by atoms with E-state index in [1.165, 1.54) is 5.56 Å². The van der Waals surface area contributed by atoms with Crippen molar-refractivity contribution in [3.63, 3.8) is 0 Å². The molecule has 1 aliphatic heterocycles. The lowest BCUT2D eigenvalue weighted by atomic mass is 9.99. The Morgan fingerprint density at radius 2 is 1.86 bits per heavy atom. The van der Waals surface area contributed by atoms with Gasteiger partial charge >= 0.3 is 0 Å². The first kappa shape index (κ1) is 19.6. The molecule has 0 saturated carbocycles. The van der Waals surface area contributed by atoms with Gasteiger partial charge in [0.05, 0.1) is 17.8 Å². The number of aromatic nitrogens is 2. The lowest BCUT2D eigenvalue weighted by Crippen LogP contribution is -2.32. The van der Waals surface area contributed by atoms with Crippen LogP contribution in [0.1, 0.15) is 29.8 Å². The molecule has 0 amide bonds. The third-order valence-corrected chi connectivity index (χ3v) is 5.67. The monoisotopic (exact) mass is 405 g/mol. The highest BCUT2D eigenvalue weighted by Gasteiger charge is 2.39. The van der Waals surface area contributed by atoms with Crippen molar-refractivity contribution in [2.24, 2.45) is 0 Å². The maximum atomic E-state index is 5.74. The zero-order chi connectivity index (χ0) is 20.2. The minimum absolute atomic E-state index is 0.0367. The molecule has 0 unspecified atom stereocenters. The predicted octanol–water partition coefficient (Wildman–Crippen LogP) is 3.80. The Labute approximate surface area is 178 Å². The molecular weight excluding hydrogens is 378 g/mol. The number of nitrogens with zero attached hydrogens (tertiary/aromatic N) is 4.